The van der Waals surface area contributed by atoms with E-state index in [1.807, 2.05) is 13.1 Å². The molecule has 1 saturated carbocycles. The van der Waals surface area contributed by atoms with Crippen LogP contribution in [0.4, 0.5) is 5.69 Å². The number of hydrogen-bond donors (Lipinski definition) is 0. The molecule has 2 heterocycles. The third-order valence-corrected chi connectivity index (χ3v) is 7.49. The lowest BCUT2D eigenvalue weighted by atomic mass is 9.81. The fraction of sp³-hybridized carbons (Fsp3) is 0.519. The number of hydrogen-bond acceptors (Lipinski definition) is 4. The van der Waals surface area contributed by atoms with Gasteiger partial charge in [0, 0.05) is 63.5 Å². The van der Waals surface area contributed by atoms with Crippen LogP contribution in [0, 0.1) is 5.92 Å². The van der Waals surface area contributed by atoms with Crippen LogP contribution in [-0.2, 0) is 16.7 Å². The first-order chi connectivity index (χ1) is 15.6. The van der Waals surface area contributed by atoms with Crippen molar-refractivity contribution < 1.29 is 9.53 Å². The zero-order chi connectivity index (χ0) is 22.1. The van der Waals surface area contributed by atoms with Gasteiger partial charge in [0.05, 0.1) is 6.61 Å². The Morgan fingerprint density at radius 3 is 2.72 bits per heavy atom. The van der Waals surface area contributed by atoms with Crippen LogP contribution in [-0.4, -0.2) is 69.2 Å². The second kappa shape index (κ2) is 8.87. The molecule has 5 nitrogen and oxygen atoms in total. The largest absolute Gasteiger partial charge is 0.383 e. The average Bonchev–Trinajstić information content (AvgIpc) is 3.47. The van der Waals surface area contributed by atoms with Gasteiger partial charge in [0.15, 0.2) is 0 Å². The van der Waals surface area contributed by atoms with Crippen LogP contribution < -0.4 is 4.90 Å². The van der Waals surface area contributed by atoms with Crippen molar-refractivity contribution in [3.05, 3.63) is 65.2 Å². The van der Waals surface area contributed by atoms with Gasteiger partial charge in [0.1, 0.15) is 0 Å². The van der Waals surface area contributed by atoms with E-state index in [1.54, 1.807) is 12.0 Å². The molecule has 1 unspecified atom stereocenters. The standard InChI is InChI=1S/C27H35N3O2/c1-28(14-15-32-2)26(31)23-10-11-25-24(16-23)27(12-13-29(19-27)17-22-8-9-22)20-30(25)18-21-6-4-3-5-7-21/h3-7,10-11,16,22H,8-9,12-15,17-20H2,1-2H3. The predicted molar refractivity (Wildman–Crippen MR) is 128 cm³/mol. The lowest BCUT2D eigenvalue weighted by Crippen LogP contribution is -2.37. The number of anilines is 1. The number of ether oxygens (including phenoxy) is 1. The van der Waals surface area contributed by atoms with Crippen LogP contribution in [0.3, 0.4) is 0 Å². The summed E-state index contributed by atoms with van der Waals surface area (Å²) in [6.45, 7) is 6.63. The minimum Gasteiger partial charge on any atom is -0.383 e. The lowest BCUT2D eigenvalue weighted by Gasteiger charge is -2.27. The number of likely N-dealkylation sites (N-methyl/N-ethyl adjacent to an activating group) is 1. The van der Waals surface area contributed by atoms with E-state index in [-0.39, 0.29) is 11.3 Å². The van der Waals surface area contributed by atoms with Gasteiger partial charge in [-0.15, -0.1) is 0 Å². The molecule has 0 radical (unpaired) electrons. The molecule has 2 aromatic carbocycles. The molecule has 2 fully saturated rings. The van der Waals surface area contributed by atoms with Gasteiger partial charge in [0.2, 0.25) is 0 Å². The van der Waals surface area contributed by atoms with Gasteiger partial charge in [-0.1, -0.05) is 30.3 Å². The summed E-state index contributed by atoms with van der Waals surface area (Å²) in [5.74, 6) is 0.989. The van der Waals surface area contributed by atoms with E-state index in [9.17, 15) is 4.79 Å². The van der Waals surface area contributed by atoms with Gasteiger partial charge in [-0.2, -0.15) is 0 Å². The Balaban J connectivity index is 1.43. The fourth-order valence-corrected chi connectivity index (χ4v) is 5.53. The Labute approximate surface area is 191 Å². The monoisotopic (exact) mass is 433 g/mol. The minimum absolute atomic E-state index is 0.0781. The van der Waals surface area contributed by atoms with Gasteiger partial charge in [-0.05, 0) is 61.1 Å². The van der Waals surface area contributed by atoms with Crippen LogP contribution in [0.1, 0.15) is 40.7 Å². The normalized spacial score (nSPS) is 22.5. The minimum atomic E-state index is 0.0781. The fourth-order valence-electron chi connectivity index (χ4n) is 5.53. The van der Waals surface area contributed by atoms with Crippen LogP contribution in [0.15, 0.2) is 48.5 Å². The van der Waals surface area contributed by atoms with E-state index >= 15 is 0 Å². The first-order valence-electron chi connectivity index (χ1n) is 12.0. The molecule has 3 aliphatic rings. The molecular formula is C27H35N3O2. The highest BCUT2D eigenvalue weighted by molar-refractivity contribution is 5.95. The Hall–Kier alpha value is -2.37. The first kappa shape index (κ1) is 21.5. The Morgan fingerprint density at radius 1 is 1.16 bits per heavy atom. The number of benzene rings is 2. The van der Waals surface area contributed by atoms with Crippen LogP contribution in [0.2, 0.25) is 0 Å². The van der Waals surface area contributed by atoms with Crippen LogP contribution in [0.25, 0.3) is 0 Å². The van der Waals surface area contributed by atoms with Gasteiger partial charge >= 0.3 is 0 Å². The van der Waals surface area contributed by atoms with E-state index < -0.39 is 0 Å². The van der Waals surface area contributed by atoms with Crippen molar-refractivity contribution in [1.29, 1.82) is 0 Å². The van der Waals surface area contributed by atoms with Crippen molar-refractivity contribution in [3.63, 3.8) is 0 Å². The molecule has 0 N–H and O–H groups in total. The zero-order valence-electron chi connectivity index (χ0n) is 19.4. The number of carbonyl (C=O) groups excluding carboxylic acids is 1. The van der Waals surface area contributed by atoms with Gasteiger partial charge in [0.25, 0.3) is 5.91 Å². The molecule has 0 bridgehead atoms. The third kappa shape index (κ3) is 4.28. The summed E-state index contributed by atoms with van der Waals surface area (Å²) < 4.78 is 5.16. The van der Waals surface area contributed by atoms with E-state index in [4.69, 9.17) is 4.74 Å². The third-order valence-electron chi connectivity index (χ3n) is 7.49. The van der Waals surface area contributed by atoms with E-state index in [1.165, 1.54) is 49.2 Å². The molecule has 170 valence electrons. The second-order valence-corrected chi connectivity index (χ2v) is 10.0. The molecule has 1 spiro atoms. The lowest BCUT2D eigenvalue weighted by molar-refractivity contribution is 0.0744. The average molecular weight is 434 g/mol. The number of amides is 1. The number of fused-ring (bicyclic) bond motifs is 2. The quantitative estimate of drug-likeness (QED) is 0.635. The molecule has 32 heavy (non-hydrogen) atoms. The number of rotatable bonds is 8. The van der Waals surface area contributed by atoms with Crippen molar-refractivity contribution in [1.82, 2.24) is 9.80 Å². The molecule has 1 saturated heterocycles. The van der Waals surface area contributed by atoms with Crippen LogP contribution >= 0.6 is 0 Å². The molecule has 0 aromatic heterocycles. The van der Waals surface area contributed by atoms with Gasteiger partial charge < -0.3 is 19.4 Å². The van der Waals surface area contributed by atoms with Gasteiger partial charge in [-0.3, -0.25) is 4.79 Å². The molecule has 2 aliphatic heterocycles. The maximum Gasteiger partial charge on any atom is 0.253 e. The maximum atomic E-state index is 13.1. The van der Waals surface area contributed by atoms with Crippen molar-refractivity contribution in [2.45, 2.75) is 31.2 Å². The van der Waals surface area contributed by atoms with Crippen molar-refractivity contribution >= 4 is 11.6 Å². The van der Waals surface area contributed by atoms with E-state index in [0.717, 1.165) is 31.1 Å². The summed E-state index contributed by atoms with van der Waals surface area (Å²) in [6.07, 6.45) is 3.97. The van der Waals surface area contributed by atoms with Crippen molar-refractivity contribution in [2.24, 2.45) is 5.92 Å². The Kier molecular flexibility index (Phi) is 5.95. The van der Waals surface area contributed by atoms with Crippen LogP contribution in [0.5, 0.6) is 0 Å². The molecule has 1 atom stereocenters. The number of nitrogens with zero attached hydrogens (tertiary/aromatic N) is 3. The molecule has 5 rings (SSSR count). The summed E-state index contributed by atoms with van der Waals surface area (Å²) in [7, 11) is 3.53. The maximum absolute atomic E-state index is 13.1. The van der Waals surface area contributed by atoms with Crippen molar-refractivity contribution in [2.75, 3.05) is 58.4 Å². The molecule has 1 amide bonds. The highest BCUT2D eigenvalue weighted by Gasteiger charge is 2.48. The Morgan fingerprint density at radius 2 is 1.97 bits per heavy atom. The zero-order valence-corrected chi connectivity index (χ0v) is 19.4. The predicted octanol–water partition coefficient (Wildman–Crippen LogP) is 3.78. The molecule has 1 aliphatic carbocycles. The highest BCUT2D eigenvalue weighted by atomic mass is 16.5. The first-order valence-corrected chi connectivity index (χ1v) is 12.0. The summed E-state index contributed by atoms with van der Waals surface area (Å²) in [4.78, 5) is 20.1. The molecular weight excluding hydrogens is 398 g/mol. The second-order valence-electron chi connectivity index (χ2n) is 10.0. The number of likely N-dealkylation sites (tertiary alicyclic amines) is 1. The summed E-state index contributed by atoms with van der Waals surface area (Å²) in [5.41, 5.74) is 4.93. The van der Waals surface area contributed by atoms with E-state index in [0.29, 0.717) is 13.2 Å². The SMILES string of the molecule is COCCN(C)C(=O)c1ccc2c(c1)C1(CCN(CC3CC3)C1)CN2Cc1ccccc1. The summed E-state index contributed by atoms with van der Waals surface area (Å²) >= 11 is 0. The van der Waals surface area contributed by atoms with E-state index in [2.05, 4.69) is 52.3 Å². The molecule has 2 aromatic rings. The highest BCUT2D eigenvalue weighted by Crippen LogP contribution is 2.48. The smallest absolute Gasteiger partial charge is 0.253 e. The number of carbonyl (C=O) groups is 1. The molecule has 5 heteroatoms. The topological polar surface area (TPSA) is 36.0 Å². The summed E-state index contributed by atoms with van der Waals surface area (Å²) in [6, 6.07) is 17.1. The summed E-state index contributed by atoms with van der Waals surface area (Å²) in [5, 5.41) is 0. The van der Waals surface area contributed by atoms with Crippen molar-refractivity contribution in [3.8, 4) is 0 Å². The Bertz CT molecular complexity index is 959. The number of methoxy groups -OCH3 is 1. The van der Waals surface area contributed by atoms with Gasteiger partial charge in [-0.25, -0.2) is 0 Å².